The highest BCUT2D eigenvalue weighted by Gasteiger charge is 2.19. The average molecular weight is 1010 g/mol. The number of esters is 3. The Labute approximate surface area is 448 Å². The topological polar surface area (TPSA) is 78.9 Å². The van der Waals surface area contributed by atoms with Gasteiger partial charge in [0.1, 0.15) is 13.2 Å². The van der Waals surface area contributed by atoms with E-state index in [1.165, 1.54) is 32.1 Å². The van der Waals surface area contributed by atoms with E-state index >= 15 is 0 Å². The van der Waals surface area contributed by atoms with Crippen LogP contribution in [0.5, 0.6) is 0 Å². The van der Waals surface area contributed by atoms with Crippen molar-refractivity contribution in [2.24, 2.45) is 0 Å². The van der Waals surface area contributed by atoms with Gasteiger partial charge in [-0.1, -0.05) is 231 Å². The third kappa shape index (κ3) is 58.1. The fraction of sp³-hybridized carbons (Fsp3) is 0.597. The van der Waals surface area contributed by atoms with E-state index < -0.39 is 6.10 Å². The quantitative estimate of drug-likeness (QED) is 0.0261. The molecule has 0 spiro atoms. The molecular formula is C67H106O6. The standard InChI is InChI=1S/C67H106O6/c1-4-7-10-13-16-19-22-24-26-27-28-29-30-31-32-33-34-35-36-37-38-39-40-41-42-44-45-48-51-54-57-60-66(69)72-63-64(62-71-65(68)59-56-53-50-47-21-18-15-12-9-6-3)73-67(70)61-58-55-52-49-46-43-25-23-20-17-14-11-8-5-2/h7,10,12,14-17,19,23-26,28-29,31-32,34-35,37-38,40-41,44-45,64H,4-6,8-9,11,13,18,20-22,27,30,33,36,39,42-43,46-63H2,1-3H3/b10-7-,15-12-,17-14-,19-16-,25-23-,26-24-,29-28-,32-31-,35-34-,38-37-,41-40-,45-44-. The van der Waals surface area contributed by atoms with Gasteiger partial charge in [-0.2, -0.15) is 0 Å². The van der Waals surface area contributed by atoms with E-state index in [4.69, 9.17) is 14.2 Å². The lowest BCUT2D eigenvalue weighted by atomic mass is 10.1. The van der Waals surface area contributed by atoms with Crippen molar-refractivity contribution in [2.45, 2.75) is 245 Å². The van der Waals surface area contributed by atoms with Crippen LogP contribution in [0.25, 0.3) is 0 Å². The van der Waals surface area contributed by atoms with Gasteiger partial charge in [0, 0.05) is 19.3 Å². The van der Waals surface area contributed by atoms with E-state index in [1.807, 2.05) is 0 Å². The molecule has 0 aliphatic carbocycles. The first-order chi connectivity index (χ1) is 36.0. The highest BCUT2D eigenvalue weighted by molar-refractivity contribution is 5.71. The molecule has 0 heterocycles. The number of hydrogen-bond donors (Lipinski definition) is 0. The van der Waals surface area contributed by atoms with E-state index in [2.05, 4.69) is 167 Å². The van der Waals surface area contributed by atoms with Crippen LogP contribution >= 0.6 is 0 Å². The number of allylic oxidation sites excluding steroid dienone is 24. The van der Waals surface area contributed by atoms with Crippen LogP contribution in [0.4, 0.5) is 0 Å². The first kappa shape index (κ1) is 68.3. The lowest BCUT2D eigenvalue weighted by molar-refractivity contribution is -0.167. The van der Waals surface area contributed by atoms with Gasteiger partial charge in [0.15, 0.2) is 6.10 Å². The third-order valence-corrected chi connectivity index (χ3v) is 11.8. The summed E-state index contributed by atoms with van der Waals surface area (Å²) in [5.41, 5.74) is 0. The fourth-order valence-corrected chi connectivity index (χ4v) is 7.39. The number of unbranched alkanes of at least 4 members (excludes halogenated alkanes) is 16. The van der Waals surface area contributed by atoms with E-state index in [-0.39, 0.29) is 31.1 Å². The van der Waals surface area contributed by atoms with Gasteiger partial charge < -0.3 is 14.2 Å². The number of ether oxygens (including phenoxy) is 3. The Kier molecular flexibility index (Phi) is 56.0. The summed E-state index contributed by atoms with van der Waals surface area (Å²) < 4.78 is 16.8. The normalized spacial score (nSPS) is 13.2. The molecule has 0 saturated carbocycles. The second-order valence-electron chi connectivity index (χ2n) is 18.8. The lowest BCUT2D eigenvalue weighted by Crippen LogP contribution is -2.30. The molecule has 1 atom stereocenters. The minimum absolute atomic E-state index is 0.104. The van der Waals surface area contributed by atoms with Gasteiger partial charge in [-0.15, -0.1) is 0 Å². The molecule has 0 rings (SSSR count). The molecule has 0 aromatic heterocycles. The maximum Gasteiger partial charge on any atom is 0.306 e. The summed E-state index contributed by atoms with van der Waals surface area (Å²) in [5, 5.41) is 0. The molecule has 0 aromatic rings. The molecule has 0 saturated heterocycles. The number of carbonyl (C=O) groups excluding carboxylic acids is 3. The Morgan fingerprint density at radius 1 is 0.288 bits per heavy atom. The Bertz CT molecular complexity index is 1630. The van der Waals surface area contributed by atoms with E-state index in [0.717, 1.165) is 167 Å². The van der Waals surface area contributed by atoms with Gasteiger partial charge in [-0.3, -0.25) is 14.4 Å². The largest absolute Gasteiger partial charge is 0.462 e. The Balaban J connectivity index is 4.34. The van der Waals surface area contributed by atoms with Gasteiger partial charge in [-0.25, -0.2) is 0 Å². The van der Waals surface area contributed by atoms with Crippen molar-refractivity contribution < 1.29 is 28.6 Å². The summed E-state index contributed by atoms with van der Waals surface area (Å²) in [5.74, 6) is -0.970. The van der Waals surface area contributed by atoms with Crippen LogP contribution in [-0.2, 0) is 28.6 Å². The molecule has 0 aliphatic rings. The van der Waals surface area contributed by atoms with Crippen molar-refractivity contribution in [3.05, 3.63) is 146 Å². The highest BCUT2D eigenvalue weighted by Crippen LogP contribution is 2.13. The first-order valence-corrected chi connectivity index (χ1v) is 29.3. The fourth-order valence-electron chi connectivity index (χ4n) is 7.39. The lowest BCUT2D eigenvalue weighted by Gasteiger charge is -2.18. The van der Waals surface area contributed by atoms with Crippen LogP contribution in [0, 0.1) is 0 Å². The molecule has 73 heavy (non-hydrogen) atoms. The zero-order valence-electron chi connectivity index (χ0n) is 46.8. The van der Waals surface area contributed by atoms with Crippen molar-refractivity contribution >= 4 is 17.9 Å². The van der Waals surface area contributed by atoms with Gasteiger partial charge in [0.25, 0.3) is 0 Å². The molecule has 0 amide bonds. The van der Waals surface area contributed by atoms with Gasteiger partial charge >= 0.3 is 17.9 Å². The monoisotopic (exact) mass is 1010 g/mol. The summed E-state index contributed by atoms with van der Waals surface area (Å²) in [6.07, 6.45) is 85.7. The summed E-state index contributed by atoms with van der Waals surface area (Å²) in [6.45, 7) is 6.36. The SMILES string of the molecule is CC/C=C\C/C=C\C/C=C\C/C=C\C/C=C\C/C=C\C/C=C\C/C=C\C/C=C\CCCCCC(=O)OCC(COC(=O)CCCCCCC/C=C\CCC)OC(=O)CCCCCCC/C=C\C/C=C\CCCC. The number of hydrogen-bond acceptors (Lipinski definition) is 6. The maximum atomic E-state index is 12.8. The Morgan fingerprint density at radius 2 is 0.562 bits per heavy atom. The maximum absolute atomic E-state index is 12.8. The number of carbonyl (C=O) groups is 3. The van der Waals surface area contributed by atoms with Crippen molar-refractivity contribution in [1.29, 1.82) is 0 Å². The smallest absolute Gasteiger partial charge is 0.306 e. The molecule has 6 heteroatoms. The highest BCUT2D eigenvalue weighted by atomic mass is 16.6. The van der Waals surface area contributed by atoms with Gasteiger partial charge in [0.05, 0.1) is 0 Å². The van der Waals surface area contributed by atoms with Crippen LogP contribution in [-0.4, -0.2) is 37.2 Å². The molecule has 0 N–H and O–H groups in total. The molecule has 0 bridgehead atoms. The predicted octanol–water partition coefficient (Wildman–Crippen LogP) is 20.0. The van der Waals surface area contributed by atoms with Crippen LogP contribution in [0.1, 0.15) is 239 Å². The number of rotatable bonds is 51. The molecular weight excluding hydrogens is 901 g/mol. The minimum atomic E-state index is -0.807. The molecule has 1 unspecified atom stereocenters. The molecule has 410 valence electrons. The summed E-state index contributed by atoms with van der Waals surface area (Å²) in [7, 11) is 0. The Hall–Kier alpha value is -4.71. The average Bonchev–Trinajstić information content (AvgIpc) is 3.39. The Morgan fingerprint density at radius 3 is 0.918 bits per heavy atom. The van der Waals surface area contributed by atoms with Crippen LogP contribution < -0.4 is 0 Å². The zero-order valence-corrected chi connectivity index (χ0v) is 46.8. The van der Waals surface area contributed by atoms with Crippen molar-refractivity contribution in [1.82, 2.24) is 0 Å². The third-order valence-electron chi connectivity index (χ3n) is 11.8. The van der Waals surface area contributed by atoms with Crippen molar-refractivity contribution in [2.75, 3.05) is 13.2 Å². The minimum Gasteiger partial charge on any atom is -0.462 e. The zero-order chi connectivity index (χ0) is 52.9. The second kappa shape index (κ2) is 59.8. The van der Waals surface area contributed by atoms with Crippen LogP contribution in [0.2, 0.25) is 0 Å². The summed E-state index contributed by atoms with van der Waals surface area (Å²) >= 11 is 0. The second-order valence-corrected chi connectivity index (χ2v) is 18.8. The van der Waals surface area contributed by atoms with E-state index in [1.54, 1.807) is 0 Å². The van der Waals surface area contributed by atoms with Gasteiger partial charge in [-0.05, 0) is 135 Å². The summed E-state index contributed by atoms with van der Waals surface area (Å²) in [6, 6.07) is 0. The predicted molar refractivity (Wildman–Crippen MR) is 315 cm³/mol. The first-order valence-electron chi connectivity index (χ1n) is 29.3. The molecule has 0 radical (unpaired) electrons. The molecule has 0 fully saturated rings. The van der Waals surface area contributed by atoms with Crippen LogP contribution in [0.3, 0.4) is 0 Å². The van der Waals surface area contributed by atoms with Crippen molar-refractivity contribution in [3.8, 4) is 0 Å². The summed E-state index contributed by atoms with van der Waals surface area (Å²) in [4.78, 5) is 38.0. The van der Waals surface area contributed by atoms with Gasteiger partial charge in [0.2, 0.25) is 0 Å². The molecule has 0 aliphatic heterocycles. The molecule has 0 aromatic carbocycles. The van der Waals surface area contributed by atoms with Crippen LogP contribution in [0.15, 0.2) is 146 Å². The molecule has 6 nitrogen and oxygen atoms in total. The van der Waals surface area contributed by atoms with Crippen molar-refractivity contribution in [3.63, 3.8) is 0 Å². The van der Waals surface area contributed by atoms with E-state index in [0.29, 0.717) is 19.3 Å². The van der Waals surface area contributed by atoms with E-state index in [9.17, 15) is 14.4 Å².